The van der Waals surface area contributed by atoms with Gasteiger partial charge >= 0.3 is 0 Å². The maximum Gasteiger partial charge on any atom is 0.125 e. The van der Waals surface area contributed by atoms with Crippen LogP contribution in [0.25, 0.3) is 0 Å². The first-order chi connectivity index (χ1) is 8.85. The van der Waals surface area contributed by atoms with Crippen LogP contribution in [0.1, 0.15) is 50.8 Å². The van der Waals surface area contributed by atoms with Crippen molar-refractivity contribution in [1.29, 1.82) is 0 Å². The molecule has 0 saturated heterocycles. The molecule has 0 unspecified atom stereocenters. The Labute approximate surface area is 115 Å². The number of carboxylic acids is 1. The van der Waals surface area contributed by atoms with Crippen LogP contribution in [0.4, 0.5) is 0 Å². The summed E-state index contributed by atoms with van der Waals surface area (Å²) in [6.07, 6.45) is 1.72. The van der Waals surface area contributed by atoms with Gasteiger partial charge in [-0.2, -0.15) is 0 Å². The molecule has 106 valence electrons. The second-order valence-electron chi connectivity index (χ2n) is 5.48. The van der Waals surface area contributed by atoms with Gasteiger partial charge in [-0.3, -0.25) is 0 Å². The quantitative estimate of drug-likeness (QED) is 0.791. The number of aryl methyl sites for hydroxylation is 1. The third-order valence-electron chi connectivity index (χ3n) is 3.77. The molecule has 0 saturated carbocycles. The van der Waals surface area contributed by atoms with Crippen LogP contribution < -0.4 is 9.84 Å². The fourth-order valence-corrected chi connectivity index (χ4v) is 2.22. The van der Waals surface area contributed by atoms with Gasteiger partial charge in [0.2, 0.25) is 0 Å². The van der Waals surface area contributed by atoms with Crippen LogP contribution >= 0.6 is 0 Å². The predicted molar refractivity (Wildman–Crippen MR) is 74.4 cm³/mol. The van der Waals surface area contributed by atoms with E-state index in [9.17, 15) is 9.90 Å². The Hall–Kier alpha value is -1.51. The maximum absolute atomic E-state index is 10.8. The van der Waals surface area contributed by atoms with Gasteiger partial charge < -0.3 is 14.6 Å². The SMILES string of the molecule is CCc1cc(CC(=O)[O-])cc(C(C)(C)CC)c1OC. The molecule has 0 spiro atoms. The molecule has 0 N–H and O–H groups in total. The molecule has 0 amide bonds. The Balaban J connectivity index is 3.44. The number of carbonyl (C=O) groups excluding carboxylic acids is 1. The molecule has 0 fully saturated rings. The second kappa shape index (κ2) is 6.09. The summed E-state index contributed by atoms with van der Waals surface area (Å²) in [5.41, 5.74) is 2.87. The fraction of sp³-hybridized carbons (Fsp3) is 0.562. The molecule has 3 heteroatoms. The molecule has 0 aromatic heterocycles. The number of aliphatic carboxylic acids is 1. The van der Waals surface area contributed by atoms with Gasteiger partial charge in [-0.1, -0.05) is 39.8 Å². The van der Waals surface area contributed by atoms with E-state index in [4.69, 9.17) is 4.74 Å². The van der Waals surface area contributed by atoms with E-state index in [1.807, 2.05) is 19.1 Å². The van der Waals surface area contributed by atoms with E-state index in [1.165, 1.54) is 0 Å². The van der Waals surface area contributed by atoms with E-state index in [1.54, 1.807) is 7.11 Å². The third-order valence-corrected chi connectivity index (χ3v) is 3.77. The van der Waals surface area contributed by atoms with Crippen LogP contribution in [0.3, 0.4) is 0 Å². The van der Waals surface area contributed by atoms with Gasteiger partial charge in [-0.25, -0.2) is 0 Å². The number of ether oxygens (including phenoxy) is 1. The summed E-state index contributed by atoms with van der Waals surface area (Å²) in [7, 11) is 1.67. The van der Waals surface area contributed by atoms with E-state index in [0.717, 1.165) is 35.3 Å². The standard InChI is InChI=1S/C16H24O3/c1-6-12-8-11(10-14(17)18)9-13(15(12)19-5)16(3,4)7-2/h8-9H,6-7,10H2,1-5H3,(H,17,18)/p-1. The van der Waals surface area contributed by atoms with E-state index in [2.05, 4.69) is 20.8 Å². The summed E-state index contributed by atoms with van der Waals surface area (Å²) in [4.78, 5) is 10.8. The minimum Gasteiger partial charge on any atom is -0.550 e. The number of carboxylic acid groups (broad SMARTS) is 1. The molecular formula is C16H23O3-. The van der Waals surface area contributed by atoms with Crippen molar-refractivity contribution >= 4 is 5.97 Å². The highest BCUT2D eigenvalue weighted by Crippen LogP contribution is 2.37. The highest BCUT2D eigenvalue weighted by Gasteiger charge is 2.24. The molecule has 1 aromatic carbocycles. The van der Waals surface area contributed by atoms with Crippen molar-refractivity contribution in [3.8, 4) is 5.75 Å². The minimum absolute atomic E-state index is 0.0444. The summed E-state index contributed by atoms with van der Waals surface area (Å²) >= 11 is 0. The van der Waals surface area contributed by atoms with E-state index < -0.39 is 5.97 Å². The first-order valence-corrected chi connectivity index (χ1v) is 6.75. The summed E-state index contributed by atoms with van der Waals surface area (Å²) < 4.78 is 5.55. The van der Waals surface area contributed by atoms with Crippen LogP contribution in [0, 0.1) is 0 Å². The van der Waals surface area contributed by atoms with Crippen molar-refractivity contribution in [2.75, 3.05) is 7.11 Å². The Kier molecular flexibility index (Phi) is 4.98. The molecule has 0 bridgehead atoms. The number of hydrogen-bond donors (Lipinski definition) is 0. The Bertz CT molecular complexity index is 461. The van der Waals surface area contributed by atoms with Gasteiger partial charge in [0.1, 0.15) is 5.75 Å². The summed E-state index contributed by atoms with van der Waals surface area (Å²) in [5.74, 6) is -0.163. The van der Waals surface area contributed by atoms with Crippen LogP contribution in [0.15, 0.2) is 12.1 Å². The van der Waals surface area contributed by atoms with Crippen LogP contribution in [-0.4, -0.2) is 13.1 Å². The van der Waals surface area contributed by atoms with Gasteiger partial charge in [0, 0.05) is 18.0 Å². The molecule has 0 aliphatic heterocycles. The van der Waals surface area contributed by atoms with Crippen LogP contribution in [-0.2, 0) is 23.1 Å². The summed E-state index contributed by atoms with van der Waals surface area (Å²) in [5, 5.41) is 10.8. The largest absolute Gasteiger partial charge is 0.550 e. The highest BCUT2D eigenvalue weighted by atomic mass is 16.5. The van der Waals surface area contributed by atoms with Crippen LogP contribution in [0.5, 0.6) is 5.75 Å². The molecule has 0 aliphatic carbocycles. The zero-order chi connectivity index (χ0) is 14.6. The Morgan fingerprint density at radius 3 is 2.37 bits per heavy atom. The molecule has 19 heavy (non-hydrogen) atoms. The van der Waals surface area contributed by atoms with E-state index in [-0.39, 0.29) is 11.8 Å². The first kappa shape index (κ1) is 15.5. The molecule has 1 rings (SSSR count). The normalized spacial score (nSPS) is 11.4. The molecule has 3 nitrogen and oxygen atoms in total. The minimum atomic E-state index is -1.05. The zero-order valence-electron chi connectivity index (χ0n) is 12.5. The Morgan fingerprint density at radius 2 is 1.95 bits per heavy atom. The first-order valence-electron chi connectivity index (χ1n) is 6.75. The number of hydrogen-bond acceptors (Lipinski definition) is 3. The number of methoxy groups -OCH3 is 1. The molecule has 1 aromatic rings. The van der Waals surface area contributed by atoms with Crippen LogP contribution in [0.2, 0.25) is 0 Å². The molecule has 0 radical (unpaired) electrons. The number of carbonyl (C=O) groups is 1. The lowest BCUT2D eigenvalue weighted by molar-refractivity contribution is -0.304. The lowest BCUT2D eigenvalue weighted by Gasteiger charge is -2.28. The van der Waals surface area contributed by atoms with E-state index >= 15 is 0 Å². The zero-order valence-corrected chi connectivity index (χ0v) is 12.5. The smallest absolute Gasteiger partial charge is 0.125 e. The van der Waals surface area contributed by atoms with Crippen molar-refractivity contribution in [2.24, 2.45) is 0 Å². The fourth-order valence-electron chi connectivity index (χ4n) is 2.22. The third kappa shape index (κ3) is 3.49. The second-order valence-corrected chi connectivity index (χ2v) is 5.48. The maximum atomic E-state index is 10.8. The van der Waals surface area contributed by atoms with Gasteiger partial charge in [0.25, 0.3) is 0 Å². The van der Waals surface area contributed by atoms with Crippen molar-refractivity contribution in [1.82, 2.24) is 0 Å². The highest BCUT2D eigenvalue weighted by molar-refractivity contribution is 5.68. The van der Waals surface area contributed by atoms with Crippen molar-refractivity contribution in [2.45, 2.75) is 52.4 Å². The van der Waals surface area contributed by atoms with Crippen molar-refractivity contribution < 1.29 is 14.6 Å². The average molecular weight is 263 g/mol. The summed E-state index contributed by atoms with van der Waals surface area (Å²) in [6.45, 7) is 8.46. The monoisotopic (exact) mass is 263 g/mol. The lowest BCUT2D eigenvalue weighted by atomic mass is 9.79. The van der Waals surface area contributed by atoms with Crippen molar-refractivity contribution in [3.05, 3.63) is 28.8 Å². The van der Waals surface area contributed by atoms with E-state index in [0.29, 0.717) is 0 Å². The topological polar surface area (TPSA) is 49.4 Å². The lowest BCUT2D eigenvalue weighted by Crippen LogP contribution is -2.25. The summed E-state index contributed by atoms with van der Waals surface area (Å²) in [6, 6.07) is 3.85. The van der Waals surface area contributed by atoms with Gasteiger partial charge in [0.15, 0.2) is 0 Å². The Morgan fingerprint density at radius 1 is 1.32 bits per heavy atom. The number of rotatable bonds is 6. The molecule has 0 atom stereocenters. The predicted octanol–water partition coefficient (Wildman–Crippen LogP) is 2.24. The van der Waals surface area contributed by atoms with Gasteiger partial charge in [0.05, 0.1) is 7.11 Å². The van der Waals surface area contributed by atoms with Gasteiger partial charge in [-0.15, -0.1) is 0 Å². The molecule has 0 aliphatic rings. The van der Waals surface area contributed by atoms with Gasteiger partial charge in [-0.05, 0) is 29.4 Å². The molecular weight excluding hydrogens is 240 g/mol. The van der Waals surface area contributed by atoms with Crippen molar-refractivity contribution in [3.63, 3.8) is 0 Å². The average Bonchev–Trinajstić information content (AvgIpc) is 2.36. The molecule has 0 heterocycles. The number of benzene rings is 1.